The van der Waals surface area contributed by atoms with Gasteiger partial charge in [-0.15, -0.1) is 0 Å². The predicted octanol–water partition coefficient (Wildman–Crippen LogP) is -0.405. The van der Waals surface area contributed by atoms with Gasteiger partial charge in [-0.3, -0.25) is 0 Å². The van der Waals surface area contributed by atoms with E-state index in [2.05, 4.69) is 19.2 Å². The van der Waals surface area contributed by atoms with Crippen LogP contribution in [-0.2, 0) is 4.74 Å². The first kappa shape index (κ1) is 13.9. The first-order valence-corrected chi connectivity index (χ1v) is 5.99. The summed E-state index contributed by atoms with van der Waals surface area (Å²) in [4.78, 5) is 0. The molecule has 5 nitrogen and oxygen atoms in total. The van der Waals surface area contributed by atoms with Crippen molar-refractivity contribution in [1.29, 1.82) is 0 Å². The van der Waals surface area contributed by atoms with Gasteiger partial charge in [0.1, 0.15) is 6.10 Å². The van der Waals surface area contributed by atoms with E-state index in [1.54, 1.807) is 0 Å². The molecule has 0 aromatic carbocycles. The molecule has 5 heteroatoms. The van der Waals surface area contributed by atoms with Crippen LogP contribution in [0.5, 0.6) is 0 Å². The lowest BCUT2D eigenvalue weighted by Crippen LogP contribution is -2.60. The largest absolute Gasteiger partial charge is 0.390 e. The molecule has 0 aliphatic carbocycles. The van der Waals surface area contributed by atoms with Crippen LogP contribution in [-0.4, -0.2) is 52.5 Å². The van der Waals surface area contributed by atoms with Gasteiger partial charge in [0.05, 0.1) is 19.3 Å². The molecule has 3 atom stereocenters. The molecule has 0 amide bonds. The highest BCUT2D eigenvalue weighted by molar-refractivity contribution is 4.89. The van der Waals surface area contributed by atoms with E-state index in [9.17, 15) is 15.3 Å². The van der Waals surface area contributed by atoms with Crippen molar-refractivity contribution in [2.45, 2.75) is 57.1 Å². The van der Waals surface area contributed by atoms with Crippen LogP contribution < -0.4 is 5.32 Å². The Hall–Kier alpha value is -0.200. The molecule has 0 spiro atoms. The fourth-order valence-corrected chi connectivity index (χ4v) is 1.92. The third-order valence-electron chi connectivity index (χ3n) is 3.22. The highest BCUT2D eigenvalue weighted by atomic mass is 16.6. The summed E-state index contributed by atoms with van der Waals surface area (Å²) in [6.07, 6.45) is 0.0932. The number of hydrogen-bond donors (Lipinski definition) is 4. The molecular weight excluding hydrogens is 210 g/mol. The van der Waals surface area contributed by atoms with Gasteiger partial charge in [0.2, 0.25) is 5.79 Å². The van der Waals surface area contributed by atoms with Crippen LogP contribution in [0, 0.1) is 0 Å². The van der Waals surface area contributed by atoms with E-state index in [0.717, 1.165) is 12.8 Å². The predicted molar refractivity (Wildman–Crippen MR) is 59.9 cm³/mol. The van der Waals surface area contributed by atoms with Crippen LogP contribution in [0.1, 0.15) is 33.1 Å². The van der Waals surface area contributed by atoms with E-state index >= 15 is 0 Å². The smallest absolute Gasteiger partial charge is 0.207 e. The normalized spacial score (nSPS) is 35.6. The van der Waals surface area contributed by atoms with E-state index in [0.29, 0.717) is 12.5 Å². The summed E-state index contributed by atoms with van der Waals surface area (Å²) in [5.74, 6) is -1.67. The number of aliphatic hydroxyl groups excluding tert-OH is 2. The number of rotatable bonds is 5. The fourth-order valence-electron chi connectivity index (χ4n) is 1.92. The van der Waals surface area contributed by atoms with Gasteiger partial charge in [-0.2, -0.15) is 0 Å². The standard InChI is InChI=1S/C11H23NO4/c1-3-8(4-2)12-7-11(15)10(14)9(13)5-6-16-11/h8-10,12-15H,3-7H2,1-2H3/t9-,10-,11+/m0/s1. The summed E-state index contributed by atoms with van der Waals surface area (Å²) in [5.41, 5.74) is 0. The van der Waals surface area contributed by atoms with Gasteiger partial charge in [0, 0.05) is 6.04 Å². The summed E-state index contributed by atoms with van der Waals surface area (Å²) in [6.45, 7) is 4.51. The minimum atomic E-state index is -1.67. The van der Waals surface area contributed by atoms with E-state index in [1.165, 1.54) is 0 Å². The van der Waals surface area contributed by atoms with Gasteiger partial charge in [-0.05, 0) is 19.3 Å². The minimum Gasteiger partial charge on any atom is -0.390 e. The quantitative estimate of drug-likeness (QED) is 0.519. The lowest BCUT2D eigenvalue weighted by Gasteiger charge is -2.40. The molecule has 0 radical (unpaired) electrons. The average Bonchev–Trinajstić information content (AvgIpc) is 2.27. The van der Waals surface area contributed by atoms with Gasteiger partial charge >= 0.3 is 0 Å². The highest BCUT2D eigenvalue weighted by Crippen LogP contribution is 2.23. The van der Waals surface area contributed by atoms with Crippen molar-refractivity contribution in [3.05, 3.63) is 0 Å². The molecule has 1 heterocycles. The molecular formula is C11H23NO4. The maximum atomic E-state index is 10.1. The Balaban J connectivity index is 2.49. The van der Waals surface area contributed by atoms with E-state index < -0.39 is 18.0 Å². The van der Waals surface area contributed by atoms with Gasteiger partial charge in [0.25, 0.3) is 0 Å². The van der Waals surface area contributed by atoms with Crippen LogP contribution in [0.4, 0.5) is 0 Å². The van der Waals surface area contributed by atoms with Crippen molar-refractivity contribution < 1.29 is 20.1 Å². The molecule has 96 valence electrons. The molecule has 1 aliphatic heterocycles. The lowest BCUT2D eigenvalue weighted by atomic mass is 9.98. The maximum Gasteiger partial charge on any atom is 0.207 e. The highest BCUT2D eigenvalue weighted by Gasteiger charge is 2.44. The second-order valence-electron chi connectivity index (χ2n) is 4.39. The Morgan fingerprint density at radius 2 is 2.00 bits per heavy atom. The second-order valence-corrected chi connectivity index (χ2v) is 4.39. The van der Waals surface area contributed by atoms with Crippen molar-refractivity contribution in [2.24, 2.45) is 0 Å². The van der Waals surface area contributed by atoms with Gasteiger partial charge in [0.15, 0.2) is 0 Å². The first-order chi connectivity index (χ1) is 7.53. The summed E-state index contributed by atoms with van der Waals surface area (Å²) in [6, 6.07) is 0.291. The van der Waals surface area contributed by atoms with Crippen LogP contribution in [0.15, 0.2) is 0 Å². The van der Waals surface area contributed by atoms with Gasteiger partial charge in [-0.25, -0.2) is 0 Å². The van der Waals surface area contributed by atoms with Crippen molar-refractivity contribution in [1.82, 2.24) is 5.32 Å². The Kier molecular flexibility index (Phi) is 5.14. The fraction of sp³-hybridized carbons (Fsp3) is 1.00. The number of hydrogen-bond acceptors (Lipinski definition) is 5. The number of aliphatic hydroxyl groups is 3. The van der Waals surface area contributed by atoms with Crippen molar-refractivity contribution in [3.8, 4) is 0 Å². The molecule has 16 heavy (non-hydrogen) atoms. The molecule has 1 aliphatic rings. The summed E-state index contributed by atoms with van der Waals surface area (Å²) >= 11 is 0. The monoisotopic (exact) mass is 233 g/mol. The second kappa shape index (κ2) is 5.93. The summed E-state index contributed by atoms with van der Waals surface area (Å²) < 4.78 is 5.17. The van der Waals surface area contributed by atoms with Crippen LogP contribution in [0.3, 0.4) is 0 Å². The number of ether oxygens (including phenoxy) is 1. The van der Waals surface area contributed by atoms with E-state index in [-0.39, 0.29) is 13.2 Å². The van der Waals surface area contributed by atoms with E-state index in [4.69, 9.17) is 4.74 Å². The first-order valence-electron chi connectivity index (χ1n) is 5.99. The molecule has 0 unspecified atom stereocenters. The molecule has 0 aromatic rings. The Bertz CT molecular complexity index is 210. The molecule has 1 rings (SSSR count). The van der Waals surface area contributed by atoms with Crippen molar-refractivity contribution >= 4 is 0 Å². The number of nitrogens with one attached hydrogen (secondary N) is 1. The SMILES string of the molecule is CCC(CC)NC[C@@]1(O)OCC[C@H](O)[C@@H]1O. The molecule has 0 saturated carbocycles. The van der Waals surface area contributed by atoms with Crippen LogP contribution in [0.25, 0.3) is 0 Å². The zero-order chi connectivity index (χ0) is 12.2. The molecule has 0 bridgehead atoms. The van der Waals surface area contributed by atoms with Crippen molar-refractivity contribution in [2.75, 3.05) is 13.2 Å². The third-order valence-corrected chi connectivity index (χ3v) is 3.22. The lowest BCUT2D eigenvalue weighted by molar-refractivity contribution is -0.296. The Morgan fingerprint density at radius 3 is 2.56 bits per heavy atom. The minimum absolute atomic E-state index is 0.136. The third kappa shape index (κ3) is 3.15. The van der Waals surface area contributed by atoms with Crippen LogP contribution in [0.2, 0.25) is 0 Å². The summed E-state index contributed by atoms with van der Waals surface area (Å²) in [5, 5.41) is 32.4. The average molecular weight is 233 g/mol. The topological polar surface area (TPSA) is 82.0 Å². The van der Waals surface area contributed by atoms with Gasteiger partial charge in [-0.1, -0.05) is 13.8 Å². The zero-order valence-corrected chi connectivity index (χ0v) is 10.0. The van der Waals surface area contributed by atoms with Crippen molar-refractivity contribution in [3.63, 3.8) is 0 Å². The Labute approximate surface area is 96.4 Å². The molecule has 4 N–H and O–H groups in total. The summed E-state index contributed by atoms with van der Waals surface area (Å²) in [7, 11) is 0. The maximum absolute atomic E-state index is 10.1. The molecule has 1 saturated heterocycles. The van der Waals surface area contributed by atoms with E-state index in [1.807, 2.05) is 0 Å². The van der Waals surface area contributed by atoms with Crippen LogP contribution >= 0.6 is 0 Å². The zero-order valence-electron chi connectivity index (χ0n) is 10.0. The van der Waals surface area contributed by atoms with Gasteiger partial charge < -0.3 is 25.4 Å². The Morgan fingerprint density at radius 1 is 1.38 bits per heavy atom. The molecule has 1 fully saturated rings. The molecule has 0 aromatic heterocycles.